The van der Waals surface area contributed by atoms with E-state index in [1.165, 1.54) is 0 Å². The Kier molecular flexibility index (Phi) is 10.6. The van der Waals surface area contributed by atoms with Crippen molar-refractivity contribution >= 4 is 22.0 Å². The fourth-order valence-corrected chi connectivity index (χ4v) is 2.12. The molecule has 9 nitrogen and oxygen atoms in total. The second-order valence-corrected chi connectivity index (χ2v) is 7.66. The van der Waals surface area contributed by atoms with Crippen LogP contribution in [0.1, 0.15) is 37.0 Å². The van der Waals surface area contributed by atoms with Crippen LogP contribution < -0.4 is 16.0 Å². The van der Waals surface area contributed by atoms with Gasteiger partial charge >= 0.3 is 5.97 Å². The molecular weight excluding hydrogens is 362 g/mol. The van der Waals surface area contributed by atoms with Gasteiger partial charge in [0.2, 0.25) is 0 Å². The second-order valence-electron chi connectivity index (χ2n) is 6.26. The first-order valence-corrected chi connectivity index (χ1v) is 9.79. The van der Waals surface area contributed by atoms with E-state index in [9.17, 15) is 9.59 Å². The standard InChI is InChI=1S/C15H23N3O3.CH4O3S/c1-11(2)6-12(8-16)7-14(19)21-10-18-5-3-4-13(9-18)15(17)20;1-5(2,3)4/h3-5,9,11-12H,6-8,10,16H2,1-2H3,(H-,17,20);1H3,(H,2,3,4). The molecule has 0 saturated carbocycles. The number of hydrogen-bond donors (Lipinski definition) is 2. The largest absolute Gasteiger partial charge is 0.748 e. The number of amides is 1. The molecule has 10 heteroatoms. The molecule has 4 N–H and O–H groups in total. The molecule has 1 aromatic rings. The quantitative estimate of drug-likeness (QED) is 0.352. The summed E-state index contributed by atoms with van der Waals surface area (Å²) < 4.78 is 34.0. The summed E-state index contributed by atoms with van der Waals surface area (Å²) in [4.78, 5) is 22.9. The number of carbonyl (C=O) groups is 2. The Morgan fingerprint density at radius 3 is 2.38 bits per heavy atom. The molecule has 1 amide bonds. The summed E-state index contributed by atoms with van der Waals surface area (Å²) in [6.45, 7) is 4.72. The zero-order chi connectivity index (χ0) is 20.3. The van der Waals surface area contributed by atoms with E-state index in [0.29, 0.717) is 30.7 Å². The number of hydrogen-bond acceptors (Lipinski definition) is 7. The number of aromatic nitrogens is 1. The minimum atomic E-state index is -3.92. The molecule has 0 bridgehead atoms. The number of pyridine rings is 1. The highest BCUT2D eigenvalue weighted by atomic mass is 32.2. The van der Waals surface area contributed by atoms with Crippen LogP contribution in [0.3, 0.4) is 0 Å². The van der Waals surface area contributed by atoms with Crippen LogP contribution in [0.4, 0.5) is 0 Å². The van der Waals surface area contributed by atoms with Gasteiger partial charge in [-0.15, -0.1) is 0 Å². The van der Waals surface area contributed by atoms with Crippen molar-refractivity contribution in [3.05, 3.63) is 30.1 Å². The van der Waals surface area contributed by atoms with Crippen LogP contribution in [0.5, 0.6) is 0 Å². The van der Waals surface area contributed by atoms with Gasteiger partial charge in [0.05, 0.1) is 10.1 Å². The van der Waals surface area contributed by atoms with Crippen molar-refractivity contribution in [2.45, 2.75) is 33.4 Å². The molecule has 0 saturated heterocycles. The van der Waals surface area contributed by atoms with Crippen LogP contribution in [0, 0.1) is 11.8 Å². The zero-order valence-corrected chi connectivity index (χ0v) is 16.1. The minimum Gasteiger partial charge on any atom is -0.748 e. The third-order valence-electron chi connectivity index (χ3n) is 3.11. The molecule has 0 aliphatic heterocycles. The van der Waals surface area contributed by atoms with Gasteiger partial charge in [0.1, 0.15) is 5.56 Å². The van der Waals surface area contributed by atoms with Gasteiger partial charge < -0.3 is 20.8 Å². The van der Waals surface area contributed by atoms with E-state index < -0.39 is 16.0 Å². The number of nitrogens with zero attached hydrogens (tertiary/aromatic N) is 1. The maximum absolute atomic E-state index is 11.8. The maximum atomic E-state index is 11.8. The third kappa shape index (κ3) is 13.3. The molecule has 0 aliphatic rings. The van der Waals surface area contributed by atoms with Gasteiger partial charge in [-0.05, 0) is 30.9 Å². The molecule has 148 valence electrons. The first kappa shape index (κ1) is 24.0. The third-order valence-corrected chi connectivity index (χ3v) is 3.11. The number of ether oxygens (including phenoxy) is 1. The molecule has 0 aromatic carbocycles. The second kappa shape index (κ2) is 11.6. The highest BCUT2D eigenvalue weighted by Gasteiger charge is 2.16. The normalized spacial score (nSPS) is 12.1. The van der Waals surface area contributed by atoms with Crippen LogP contribution in [0.25, 0.3) is 0 Å². The van der Waals surface area contributed by atoms with Crippen molar-refractivity contribution in [3.8, 4) is 0 Å². The molecule has 1 rings (SSSR count). The summed E-state index contributed by atoms with van der Waals surface area (Å²) in [5, 5.41) is 0. The highest BCUT2D eigenvalue weighted by molar-refractivity contribution is 7.84. The smallest absolute Gasteiger partial charge is 0.310 e. The van der Waals surface area contributed by atoms with Crippen LogP contribution in [0.15, 0.2) is 24.5 Å². The molecule has 1 unspecified atom stereocenters. The van der Waals surface area contributed by atoms with Crippen LogP contribution in [0.2, 0.25) is 0 Å². The van der Waals surface area contributed by atoms with Gasteiger partial charge in [0.25, 0.3) is 12.6 Å². The van der Waals surface area contributed by atoms with Crippen LogP contribution in [-0.2, 0) is 26.4 Å². The number of esters is 1. The van der Waals surface area contributed by atoms with Gasteiger partial charge in [-0.25, -0.2) is 8.42 Å². The van der Waals surface area contributed by atoms with Gasteiger partial charge in [-0.1, -0.05) is 13.8 Å². The Hall–Kier alpha value is -2.04. The average molecular weight is 389 g/mol. The minimum absolute atomic E-state index is 0.0545. The summed E-state index contributed by atoms with van der Waals surface area (Å²) >= 11 is 0. The highest BCUT2D eigenvalue weighted by Crippen LogP contribution is 2.14. The van der Waals surface area contributed by atoms with Crippen molar-refractivity contribution in [1.29, 1.82) is 0 Å². The van der Waals surface area contributed by atoms with E-state index in [1.54, 1.807) is 29.1 Å². The summed E-state index contributed by atoms with van der Waals surface area (Å²) in [6.07, 6.45) is 5.06. The Bertz CT molecular complexity index is 683. The lowest BCUT2D eigenvalue weighted by Crippen LogP contribution is -2.37. The summed E-state index contributed by atoms with van der Waals surface area (Å²) in [7, 11) is -3.92. The van der Waals surface area contributed by atoms with E-state index in [4.69, 9.17) is 29.2 Å². The Labute approximate surface area is 154 Å². The van der Waals surface area contributed by atoms with Crippen molar-refractivity contribution in [2.24, 2.45) is 23.3 Å². The number of carbonyl (C=O) groups excluding carboxylic acids is 2. The van der Waals surface area contributed by atoms with E-state index >= 15 is 0 Å². The zero-order valence-electron chi connectivity index (χ0n) is 15.3. The molecule has 1 atom stereocenters. The lowest BCUT2D eigenvalue weighted by Gasteiger charge is -2.15. The monoisotopic (exact) mass is 389 g/mol. The molecule has 26 heavy (non-hydrogen) atoms. The van der Waals surface area contributed by atoms with Crippen LogP contribution >= 0.6 is 0 Å². The van der Waals surface area contributed by atoms with E-state index in [2.05, 4.69) is 13.8 Å². The topological polar surface area (TPSA) is 156 Å². The summed E-state index contributed by atoms with van der Waals surface area (Å²) in [5.74, 6) is -0.175. The first-order chi connectivity index (χ1) is 11.9. The van der Waals surface area contributed by atoms with Crippen LogP contribution in [-0.4, -0.2) is 37.6 Å². The summed E-state index contributed by atoms with van der Waals surface area (Å²) in [6, 6.07) is 3.28. The Morgan fingerprint density at radius 2 is 1.92 bits per heavy atom. The Morgan fingerprint density at radius 1 is 1.35 bits per heavy atom. The number of primary amides is 1. The van der Waals surface area contributed by atoms with Crippen molar-refractivity contribution in [2.75, 3.05) is 12.8 Å². The molecule has 1 aromatic heterocycles. The first-order valence-electron chi connectivity index (χ1n) is 7.97. The average Bonchev–Trinajstić information content (AvgIpc) is 2.50. The molecule has 0 spiro atoms. The van der Waals surface area contributed by atoms with E-state index in [0.717, 1.165) is 6.42 Å². The lowest BCUT2D eigenvalue weighted by atomic mass is 9.94. The van der Waals surface area contributed by atoms with Crippen molar-refractivity contribution in [3.63, 3.8) is 0 Å². The molecule has 0 radical (unpaired) electrons. The number of nitrogens with two attached hydrogens (primary N) is 2. The fourth-order valence-electron chi connectivity index (χ4n) is 2.12. The predicted octanol–water partition coefficient (Wildman–Crippen LogP) is -0.254. The Balaban J connectivity index is 0.00000110. The molecule has 0 aliphatic carbocycles. The van der Waals surface area contributed by atoms with E-state index in [-0.39, 0.29) is 18.6 Å². The van der Waals surface area contributed by atoms with Crippen molar-refractivity contribution < 1.29 is 31.9 Å². The van der Waals surface area contributed by atoms with Gasteiger partial charge in [0, 0.05) is 18.7 Å². The van der Waals surface area contributed by atoms with Gasteiger partial charge in [-0.3, -0.25) is 9.59 Å². The van der Waals surface area contributed by atoms with Gasteiger partial charge in [-0.2, -0.15) is 4.57 Å². The molecule has 1 heterocycles. The maximum Gasteiger partial charge on any atom is 0.310 e. The van der Waals surface area contributed by atoms with E-state index in [1.807, 2.05) is 0 Å². The van der Waals surface area contributed by atoms with Crippen molar-refractivity contribution in [1.82, 2.24) is 0 Å². The summed E-state index contributed by atoms with van der Waals surface area (Å²) in [5.41, 5.74) is 11.2. The lowest BCUT2D eigenvalue weighted by molar-refractivity contribution is -0.727. The van der Waals surface area contributed by atoms with Gasteiger partial charge in [0.15, 0.2) is 12.4 Å². The fraction of sp³-hybridized carbons (Fsp3) is 0.562. The predicted molar refractivity (Wildman–Crippen MR) is 93.5 cm³/mol. The SMILES string of the molecule is CC(C)CC(CN)CC(=O)OC[n+]1cccc(C(N)=O)c1.CS(=O)(=O)[O-]. The molecular formula is C16H27N3O6S. The molecule has 0 fully saturated rings. The number of rotatable bonds is 8.